The van der Waals surface area contributed by atoms with Crippen molar-refractivity contribution in [1.29, 1.82) is 0 Å². The second-order valence-corrected chi connectivity index (χ2v) is 3.99. The fourth-order valence-electron chi connectivity index (χ4n) is 2.09. The molecule has 3 heteroatoms. The van der Waals surface area contributed by atoms with Gasteiger partial charge in [0.1, 0.15) is 5.75 Å². The molecule has 0 aliphatic carbocycles. The Labute approximate surface area is 90.1 Å². The van der Waals surface area contributed by atoms with Crippen LogP contribution in [0.2, 0.25) is 0 Å². The molecule has 2 unspecified atom stereocenters. The summed E-state index contributed by atoms with van der Waals surface area (Å²) in [6.45, 7) is 1.18. The third-order valence-corrected chi connectivity index (χ3v) is 3.03. The molecule has 82 valence electrons. The van der Waals surface area contributed by atoms with Gasteiger partial charge in [-0.15, -0.1) is 0 Å². The fraction of sp³-hybridized carbons (Fsp3) is 0.500. The summed E-state index contributed by atoms with van der Waals surface area (Å²) in [6.07, 6.45) is 1.02. The Morgan fingerprint density at radius 1 is 1.40 bits per heavy atom. The zero-order valence-electron chi connectivity index (χ0n) is 8.94. The summed E-state index contributed by atoms with van der Waals surface area (Å²) in [6, 6.07) is 8.44. The average molecular weight is 207 g/mol. The zero-order chi connectivity index (χ0) is 10.7. The van der Waals surface area contributed by atoms with Gasteiger partial charge in [0.25, 0.3) is 0 Å². The van der Waals surface area contributed by atoms with E-state index in [4.69, 9.17) is 9.84 Å². The molecule has 1 aromatic carbocycles. The van der Waals surface area contributed by atoms with E-state index in [-0.39, 0.29) is 12.6 Å². The predicted molar refractivity (Wildman–Crippen MR) is 59.2 cm³/mol. The molecule has 0 spiro atoms. The molecular weight excluding hydrogens is 190 g/mol. The molecule has 1 saturated heterocycles. The fourth-order valence-corrected chi connectivity index (χ4v) is 2.09. The number of aliphatic hydroxyl groups excluding tert-OH is 1. The van der Waals surface area contributed by atoms with Gasteiger partial charge in [0.05, 0.1) is 13.7 Å². The first kappa shape index (κ1) is 10.5. The van der Waals surface area contributed by atoms with Gasteiger partial charge in [-0.2, -0.15) is 0 Å². The molecule has 0 saturated carbocycles. The van der Waals surface area contributed by atoms with E-state index < -0.39 is 0 Å². The minimum Gasteiger partial charge on any atom is -0.497 e. The number of benzene rings is 1. The van der Waals surface area contributed by atoms with Gasteiger partial charge in [-0.05, 0) is 30.0 Å². The third-order valence-electron chi connectivity index (χ3n) is 3.03. The first-order chi connectivity index (χ1) is 7.33. The van der Waals surface area contributed by atoms with Crippen molar-refractivity contribution in [3.05, 3.63) is 29.8 Å². The van der Waals surface area contributed by atoms with Gasteiger partial charge in [0.15, 0.2) is 0 Å². The number of nitrogens with one attached hydrogen (secondary N) is 1. The van der Waals surface area contributed by atoms with Crippen molar-refractivity contribution < 1.29 is 9.84 Å². The lowest BCUT2D eigenvalue weighted by Gasteiger charge is -2.09. The third kappa shape index (κ3) is 2.30. The number of hydrogen-bond donors (Lipinski definition) is 2. The van der Waals surface area contributed by atoms with Gasteiger partial charge in [0.2, 0.25) is 0 Å². The maximum Gasteiger partial charge on any atom is 0.118 e. The van der Waals surface area contributed by atoms with Crippen molar-refractivity contribution in [3.8, 4) is 5.75 Å². The minimum absolute atomic E-state index is 0.229. The van der Waals surface area contributed by atoms with Crippen LogP contribution in [-0.2, 0) is 0 Å². The Hall–Kier alpha value is -1.06. The Kier molecular flexibility index (Phi) is 3.23. The van der Waals surface area contributed by atoms with E-state index in [1.165, 1.54) is 5.56 Å². The highest BCUT2D eigenvalue weighted by Crippen LogP contribution is 2.26. The van der Waals surface area contributed by atoms with Gasteiger partial charge in [-0.25, -0.2) is 0 Å². The summed E-state index contributed by atoms with van der Waals surface area (Å²) >= 11 is 0. The molecule has 0 bridgehead atoms. The molecular formula is C12H17NO2. The van der Waals surface area contributed by atoms with Gasteiger partial charge in [-0.3, -0.25) is 0 Å². The smallest absolute Gasteiger partial charge is 0.118 e. The molecule has 2 atom stereocenters. The summed E-state index contributed by atoms with van der Waals surface area (Å²) in [5.74, 6) is 1.41. The molecule has 15 heavy (non-hydrogen) atoms. The van der Waals surface area contributed by atoms with E-state index in [0.29, 0.717) is 5.92 Å². The van der Waals surface area contributed by atoms with Crippen molar-refractivity contribution in [1.82, 2.24) is 5.32 Å². The van der Waals surface area contributed by atoms with Crippen molar-refractivity contribution >= 4 is 0 Å². The minimum atomic E-state index is 0.229. The SMILES string of the molecule is COc1ccc(C2CNC(CO)C2)cc1. The lowest BCUT2D eigenvalue weighted by atomic mass is 9.96. The van der Waals surface area contributed by atoms with Crippen LogP contribution in [0.5, 0.6) is 5.75 Å². The first-order valence-electron chi connectivity index (χ1n) is 5.31. The predicted octanol–water partition coefficient (Wildman–Crippen LogP) is 1.13. The lowest BCUT2D eigenvalue weighted by Crippen LogP contribution is -2.24. The number of hydrogen-bond acceptors (Lipinski definition) is 3. The second-order valence-electron chi connectivity index (χ2n) is 3.99. The molecule has 1 aliphatic rings. The summed E-state index contributed by atoms with van der Waals surface area (Å²) in [7, 11) is 1.67. The molecule has 1 fully saturated rings. The molecule has 0 radical (unpaired) electrons. The number of ether oxygens (including phenoxy) is 1. The lowest BCUT2D eigenvalue weighted by molar-refractivity contribution is 0.254. The summed E-state index contributed by atoms with van der Waals surface area (Å²) < 4.78 is 5.12. The van der Waals surface area contributed by atoms with Gasteiger partial charge >= 0.3 is 0 Å². The van der Waals surface area contributed by atoms with E-state index in [1.807, 2.05) is 12.1 Å². The van der Waals surface area contributed by atoms with Crippen LogP contribution in [0.4, 0.5) is 0 Å². The molecule has 1 heterocycles. The van der Waals surface area contributed by atoms with Crippen LogP contribution in [0.3, 0.4) is 0 Å². The zero-order valence-corrected chi connectivity index (χ0v) is 8.94. The van der Waals surface area contributed by atoms with Gasteiger partial charge in [-0.1, -0.05) is 12.1 Å². The van der Waals surface area contributed by atoms with Crippen molar-refractivity contribution in [3.63, 3.8) is 0 Å². The van der Waals surface area contributed by atoms with E-state index in [1.54, 1.807) is 7.11 Å². The Balaban J connectivity index is 2.04. The first-order valence-corrected chi connectivity index (χ1v) is 5.31. The van der Waals surface area contributed by atoms with Crippen LogP contribution in [0.1, 0.15) is 17.9 Å². The van der Waals surface area contributed by atoms with E-state index in [2.05, 4.69) is 17.4 Å². The standard InChI is InChI=1S/C12H17NO2/c1-15-12-4-2-9(3-5-12)10-6-11(8-14)13-7-10/h2-5,10-11,13-14H,6-8H2,1H3. The Bertz CT molecular complexity index is 310. The highest BCUT2D eigenvalue weighted by Gasteiger charge is 2.24. The van der Waals surface area contributed by atoms with Crippen LogP contribution in [-0.4, -0.2) is 31.4 Å². The van der Waals surface area contributed by atoms with E-state index >= 15 is 0 Å². The van der Waals surface area contributed by atoms with Gasteiger partial charge in [0, 0.05) is 12.6 Å². The summed E-state index contributed by atoms with van der Waals surface area (Å²) in [5.41, 5.74) is 1.32. The second kappa shape index (κ2) is 4.64. The van der Waals surface area contributed by atoms with Crippen LogP contribution in [0, 0.1) is 0 Å². The Morgan fingerprint density at radius 3 is 2.67 bits per heavy atom. The average Bonchev–Trinajstić information content (AvgIpc) is 2.78. The molecule has 1 aromatic rings. The topological polar surface area (TPSA) is 41.5 Å². The van der Waals surface area contributed by atoms with Crippen LogP contribution >= 0.6 is 0 Å². The quantitative estimate of drug-likeness (QED) is 0.780. The highest BCUT2D eigenvalue weighted by atomic mass is 16.5. The van der Waals surface area contributed by atoms with Crippen LogP contribution < -0.4 is 10.1 Å². The molecule has 2 N–H and O–H groups in total. The molecule has 2 rings (SSSR count). The maximum atomic E-state index is 9.03. The maximum absolute atomic E-state index is 9.03. The van der Waals surface area contributed by atoms with E-state index in [9.17, 15) is 0 Å². The number of aliphatic hydroxyl groups is 1. The molecule has 3 nitrogen and oxygen atoms in total. The van der Waals surface area contributed by atoms with E-state index in [0.717, 1.165) is 18.7 Å². The van der Waals surface area contributed by atoms with Crippen LogP contribution in [0.15, 0.2) is 24.3 Å². The van der Waals surface area contributed by atoms with Crippen LogP contribution in [0.25, 0.3) is 0 Å². The normalized spacial score (nSPS) is 25.5. The molecule has 1 aliphatic heterocycles. The summed E-state index contributed by atoms with van der Waals surface area (Å²) in [5, 5.41) is 12.3. The number of methoxy groups -OCH3 is 1. The highest BCUT2D eigenvalue weighted by molar-refractivity contribution is 5.30. The molecule has 0 amide bonds. The summed E-state index contributed by atoms with van der Waals surface area (Å²) in [4.78, 5) is 0. The monoisotopic (exact) mass is 207 g/mol. The van der Waals surface area contributed by atoms with Gasteiger partial charge < -0.3 is 15.2 Å². The largest absolute Gasteiger partial charge is 0.497 e. The number of rotatable bonds is 3. The van der Waals surface area contributed by atoms with Crippen molar-refractivity contribution in [2.75, 3.05) is 20.3 Å². The van der Waals surface area contributed by atoms with Crippen molar-refractivity contribution in [2.45, 2.75) is 18.4 Å². The van der Waals surface area contributed by atoms with Crippen molar-refractivity contribution in [2.24, 2.45) is 0 Å². The Morgan fingerprint density at radius 2 is 2.13 bits per heavy atom. The molecule has 0 aromatic heterocycles.